The molecule has 3 aromatic rings. The standard InChI is InChI=1S/C19H20N4OS.2ClH/c24-19(11-15-12-25-10-9-20-15)22-14-5-7-16(8-6-14)23-13-21-17-3-1-2-4-18(17)23;;/h1-8,13,15,20H,9-12H2,(H,22,24);2*1H. The number of imidazole rings is 1. The first-order chi connectivity index (χ1) is 12.3. The van der Waals surface area contributed by atoms with Crippen molar-refractivity contribution in [2.75, 3.05) is 23.4 Å². The minimum absolute atomic E-state index is 0. The molecule has 1 amide bonds. The van der Waals surface area contributed by atoms with Gasteiger partial charge in [-0.05, 0) is 36.4 Å². The van der Waals surface area contributed by atoms with Gasteiger partial charge in [-0.2, -0.15) is 11.8 Å². The zero-order valence-corrected chi connectivity index (χ0v) is 17.1. The van der Waals surface area contributed by atoms with Crippen molar-refractivity contribution in [3.63, 3.8) is 0 Å². The summed E-state index contributed by atoms with van der Waals surface area (Å²) >= 11 is 1.90. The lowest BCUT2D eigenvalue weighted by Crippen LogP contribution is -2.39. The van der Waals surface area contributed by atoms with Gasteiger partial charge in [0.05, 0.1) is 11.0 Å². The number of fused-ring (bicyclic) bond motifs is 1. The third-order valence-corrected chi connectivity index (χ3v) is 5.44. The number of thioether (sulfide) groups is 1. The number of hydrogen-bond donors (Lipinski definition) is 2. The van der Waals surface area contributed by atoms with Crippen LogP contribution in [0.4, 0.5) is 5.69 Å². The van der Waals surface area contributed by atoms with Gasteiger partial charge in [0.15, 0.2) is 0 Å². The Bertz CT molecular complexity index is 879. The van der Waals surface area contributed by atoms with E-state index in [0.29, 0.717) is 6.42 Å². The van der Waals surface area contributed by atoms with E-state index in [1.807, 2.05) is 71.2 Å². The van der Waals surface area contributed by atoms with Gasteiger partial charge in [-0.1, -0.05) is 12.1 Å². The van der Waals surface area contributed by atoms with Crippen LogP contribution in [0.5, 0.6) is 0 Å². The van der Waals surface area contributed by atoms with Gasteiger partial charge in [-0.25, -0.2) is 4.98 Å². The number of hydrogen-bond acceptors (Lipinski definition) is 4. The van der Waals surface area contributed by atoms with E-state index in [-0.39, 0.29) is 36.8 Å². The molecule has 144 valence electrons. The van der Waals surface area contributed by atoms with E-state index in [1.54, 1.807) is 0 Å². The van der Waals surface area contributed by atoms with Crippen molar-refractivity contribution in [2.45, 2.75) is 12.5 Å². The highest BCUT2D eigenvalue weighted by atomic mass is 35.5. The molecule has 1 aromatic heterocycles. The molecule has 1 unspecified atom stereocenters. The van der Waals surface area contributed by atoms with Crippen LogP contribution < -0.4 is 10.6 Å². The molecule has 0 radical (unpaired) electrons. The van der Waals surface area contributed by atoms with Crippen molar-refractivity contribution < 1.29 is 4.79 Å². The summed E-state index contributed by atoms with van der Waals surface area (Å²) in [6.07, 6.45) is 2.34. The summed E-state index contributed by atoms with van der Waals surface area (Å²) in [5.41, 5.74) is 3.89. The summed E-state index contributed by atoms with van der Waals surface area (Å²) in [7, 11) is 0. The second-order valence-corrected chi connectivity index (χ2v) is 7.28. The molecule has 27 heavy (non-hydrogen) atoms. The van der Waals surface area contributed by atoms with E-state index in [0.717, 1.165) is 40.5 Å². The summed E-state index contributed by atoms with van der Waals surface area (Å²) in [6.45, 7) is 0.982. The first-order valence-electron chi connectivity index (χ1n) is 8.43. The Labute approximate surface area is 175 Å². The van der Waals surface area contributed by atoms with E-state index >= 15 is 0 Å². The molecule has 2 aromatic carbocycles. The van der Waals surface area contributed by atoms with E-state index in [1.165, 1.54) is 0 Å². The average Bonchev–Trinajstić information content (AvgIpc) is 3.07. The van der Waals surface area contributed by atoms with Crippen LogP contribution in [0.3, 0.4) is 0 Å². The highest BCUT2D eigenvalue weighted by Gasteiger charge is 2.16. The molecule has 0 saturated carbocycles. The van der Waals surface area contributed by atoms with Crippen LogP contribution in [0.15, 0.2) is 54.9 Å². The summed E-state index contributed by atoms with van der Waals surface area (Å²) in [4.78, 5) is 16.6. The van der Waals surface area contributed by atoms with Crippen molar-refractivity contribution in [2.24, 2.45) is 0 Å². The predicted molar refractivity (Wildman–Crippen MR) is 118 cm³/mol. The van der Waals surface area contributed by atoms with Crippen molar-refractivity contribution in [1.29, 1.82) is 0 Å². The van der Waals surface area contributed by atoms with Crippen LogP contribution in [0.2, 0.25) is 0 Å². The average molecular weight is 425 g/mol. The molecular formula is C19H22Cl2N4OS. The fourth-order valence-electron chi connectivity index (χ4n) is 3.06. The van der Waals surface area contributed by atoms with E-state index < -0.39 is 0 Å². The number of para-hydroxylation sites is 2. The zero-order chi connectivity index (χ0) is 17.1. The number of benzene rings is 2. The molecule has 1 saturated heterocycles. The quantitative estimate of drug-likeness (QED) is 0.666. The van der Waals surface area contributed by atoms with Gasteiger partial charge in [0.2, 0.25) is 5.91 Å². The third kappa shape index (κ3) is 5.17. The first kappa shape index (κ1) is 21.6. The molecule has 2 heterocycles. The zero-order valence-electron chi connectivity index (χ0n) is 14.6. The summed E-state index contributed by atoms with van der Waals surface area (Å²) < 4.78 is 2.05. The number of halogens is 2. The monoisotopic (exact) mass is 424 g/mol. The Morgan fingerprint density at radius 2 is 1.96 bits per heavy atom. The lowest BCUT2D eigenvalue weighted by atomic mass is 10.2. The normalized spacial score (nSPS) is 16.2. The largest absolute Gasteiger partial charge is 0.326 e. The molecule has 0 bridgehead atoms. The van der Waals surface area contributed by atoms with E-state index in [4.69, 9.17) is 0 Å². The highest BCUT2D eigenvalue weighted by Crippen LogP contribution is 2.20. The molecule has 1 aliphatic rings. The molecular weight excluding hydrogens is 403 g/mol. The molecule has 0 spiro atoms. The van der Waals surface area contributed by atoms with Crippen molar-refractivity contribution in [3.8, 4) is 5.69 Å². The first-order valence-corrected chi connectivity index (χ1v) is 9.58. The van der Waals surface area contributed by atoms with Gasteiger partial charge >= 0.3 is 0 Å². The van der Waals surface area contributed by atoms with Crippen molar-refractivity contribution >= 4 is 59.2 Å². The topological polar surface area (TPSA) is 59.0 Å². The number of carbonyl (C=O) groups excluding carboxylic acids is 1. The number of anilines is 1. The number of carbonyl (C=O) groups is 1. The second kappa shape index (κ2) is 9.99. The number of nitrogens with one attached hydrogen (secondary N) is 2. The highest BCUT2D eigenvalue weighted by molar-refractivity contribution is 7.99. The van der Waals surface area contributed by atoms with Crippen LogP contribution in [0, 0.1) is 0 Å². The fourth-order valence-corrected chi connectivity index (χ4v) is 4.01. The van der Waals surface area contributed by atoms with Gasteiger partial charge in [0, 0.05) is 41.9 Å². The Morgan fingerprint density at radius 1 is 1.19 bits per heavy atom. The van der Waals surface area contributed by atoms with Crippen molar-refractivity contribution in [3.05, 3.63) is 54.9 Å². The lowest BCUT2D eigenvalue weighted by molar-refractivity contribution is -0.116. The van der Waals surface area contributed by atoms with Crippen LogP contribution in [-0.2, 0) is 4.79 Å². The van der Waals surface area contributed by atoms with Gasteiger partial charge in [-0.3, -0.25) is 9.36 Å². The van der Waals surface area contributed by atoms with Crippen LogP contribution >= 0.6 is 36.6 Å². The predicted octanol–water partition coefficient (Wildman–Crippen LogP) is 3.90. The molecule has 1 atom stereocenters. The molecule has 8 heteroatoms. The Kier molecular flexibility index (Phi) is 7.98. The minimum Gasteiger partial charge on any atom is -0.326 e. The summed E-state index contributed by atoms with van der Waals surface area (Å²) in [6, 6.07) is 16.2. The number of aromatic nitrogens is 2. The number of rotatable bonds is 4. The summed E-state index contributed by atoms with van der Waals surface area (Å²) in [5.74, 6) is 2.18. The Morgan fingerprint density at radius 3 is 2.70 bits per heavy atom. The van der Waals surface area contributed by atoms with Gasteiger partial charge in [-0.15, -0.1) is 24.8 Å². The Hall–Kier alpha value is -1.73. The lowest BCUT2D eigenvalue weighted by Gasteiger charge is -2.22. The molecule has 2 N–H and O–H groups in total. The maximum absolute atomic E-state index is 12.2. The molecule has 4 rings (SSSR count). The molecule has 1 aliphatic heterocycles. The van der Waals surface area contributed by atoms with Gasteiger partial charge in [0.25, 0.3) is 0 Å². The number of amides is 1. The third-order valence-electron chi connectivity index (χ3n) is 4.31. The smallest absolute Gasteiger partial charge is 0.225 e. The van der Waals surface area contributed by atoms with Crippen molar-refractivity contribution in [1.82, 2.24) is 14.9 Å². The Balaban J connectivity index is 0.00000131. The molecule has 0 aliphatic carbocycles. The van der Waals surface area contributed by atoms with Gasteiger partial charge in [0.1, 0.15) is 6.33 Å². The number of nitrogens with zero attached hydrogens (tertiary/aromatic N) is 2. The fraction of sp³-hybridized carbons (Fsp3) is 0.263. The van der Waals surface area contributed by atoms with E-state index in [9.17, 15) is 4.79 Å². The summed E-state index contributed by atoms with van der Waals surface area (Å²) in [5, 5.41) is 6.37. The van der Waals surface area contributed by atoms with Crippen LogP contribution in [-0.4, -0.2) is 39.6 Å². The van der Waals surface area contributed by atoms with Gasteiger partial charge < -0.3 is 10.6 Å². The maximum Gasteiger partial charge on any atom is 0.225 e. The molecule has 5 nitrogen and oxygen atoms in total. The second-order valence-electron chi connectivity index (χ2n) is 6.13. The van der Waals surface area contributed by atoms with E-state index in [2.05, 4.69) is 15.6 Å². The molecule has 1 fully saturated rings. The minimum atomic E-state index is 0. The van der Waals surface area contributed by atoms with Crippen LogP contribution in [0.1, 0.15) is 6.42 Å². The SMILES string of the molecule is Cl.Cl.O=C(CC1CSCCN1)Nc1ccc(-n2cnc3ccccc32)cc1. The van der Waals surface area contributed by atoms with Crippen LogP contribution in [0.25, 0.3) is 16.7 Å². The maximum atomic E-state index is 12.2.